The van der Waals surface area contributed by atoms with Crippen molar-refractivity contribution in [2.24, 2.45) is 11.7 Å². The zero-order chi connectivity index (χ0) is 23.2. The fourth-order valence-corrected chi connectivity index (χ4v) is 5.13. The van der Waals surface area contributed by atoms with Gasteiger partial charge in [0.05, 0.1) is 17.5 Å². The molecule has 7 heteroatoms. The summed E-state index contributed by atoms with van der Waals surface area (Å²) in [5.41, 5.74) is 9.08. The summed E-state index contributed by atoms with van der Waals surface area (Å²) in [5, 5.41) is 11.3. The Kier molecular flexibility index (Phi) is 5.71. The number of hydrogen-bond acceptors (Lipinski definition) is 3. The molecule has 6 nitrogen and oxygen atoms in total. The van der Waals surface area contributed by atoms with Crippen molar-refractivity contribution < 1.29 is 19.1 Å². The second-order valence-corrected chi connectivity index (χ2v) is 9.44. The molecule has 1 unspecified atom stereocenters. The minimum atomic E-state index is -0.823. The maximum Gasteiger partial charge on any atom is 0.246 e. The minimum Gasteiger partial charge on any atom is -0.390 e. The number of carbonyl (C=O) groups excluding carboxylic acids is 2. The number of amides is 2. The first kappa shape index (κ1) is 22.3. The summed E-state index contributed by atoms with van der Waals surface area (Å²) in [7, 11) is 0. The van der Waals surface area contributed by atoms with E-state index in [1.807, 2.05) is 19.9 Å². The van der Waals surface area contributed by atoms with E-state index in [9.17, 15) is 14.7 Å². The number of fused-ring (bicyclic) bond motifs is 3. The smallest absolute Gasteiger partial charge is 0.246 e. The number of nitrogens with two attached hydrogens (primary N) is 1. The van der Waals surface area contributed by atoms with Gasteiger partial charge < -0.3 is 20.7 Å². The predicted molar refractivity (Wildman–Crippen MR) is 122 cm³/mol. The van der Waals surface area contributed by atoms with Crippen LogP contribution in [0.15, 0.2) is 24.8 Å². The lowest BCUT2D eigenvalue weighted by Gasteiger charge is -2.32. The van der Waals surface area contributed by atoms with Gasteiger partial charge in [0.2, 0.25) is 11.8 Å². The van der Waals surface area contributed by atoms with Crippen LogP contribution in [-0.4, -0.2) is 45.5 Å². The minimum absolute atomic E-state index is 0.0673. The molecule has 2 amide bonds. The number of halogens is 1. The largest absolute Gasteiger partial charge is 0.390 e. The Labute approximate surface area is 187 Å². The van der Waals surface area contributed by atoms with Crippen LogP contribution in [0.2, 0.25) is 0 Å². The SMILES string of the molecule is C=CC(=O)N1CCC=C(c2c(F)cc(CC(N)=O)c3[nH]c4c(c23)CCC(C(C)(C)O)C4)C1. The molecule has 1 atom stereocenters. The van der Waals surface area contributed by atoms with E-state index in [2.05, 4.69) is 11.6 Å². The second kappa shape index (κ2) is 8.20. The second-order valence-electron chi connectivity index (χ2n) is 9.44. The molecule has 1 aromatic carbocycles. The topological polar surface area (TPSA) is 99.4 Å². The molecular formula is C25H30FN3O3. The fourth-order valence-electron chi connectivity index (χ4n) is 5.13. The van der Waals surface area contributed by atoms with Gasteiger partial charge in [0, 0.05) is 29.7 Å². The molecule has 0 fully saturated rings. The van der Waals surface area contributed by atoms with E-state index in [4.69, 9.17) is 5.73 Å². The van der Waals surface area contributed by atoms with Crippen LogP contribution in [0.3, 0.4) is 0 Å². The van der Waals surface area contributed by atoms with Gasteiger partial charge in [0.25, 0.3) is 0 Å². The Morgan fingerprint density at radius 1 is 1.44 bits per heavy atom. The number of primary amides is 1. The number of aliphatic hydroxyl groups is 1. The van der Waals surface area contributed by atoms with Crippen LogP contribution >= 0.6 is 0 Å². The Hall–Kier alpha value is -2.93. The summed E-state index contributed by atoms with van der Waals surface area (Å²) in [5.74, 6) is -1.05. The maximum atomic E-state index is 15.6. The van der Waals surface area contributed by atoms with Crippen molar-refractivity contribution in [1.82, 2.24) is 9.88 Å². The molecule has 4 rings (SSSR count). The number of aromatic nitrogens is 1. The van der Waals surface area contributed by atoms with Crippen molar-refractivity contribution in [3.05, 3.63) is 53.0 Å². The highest BCUT2D eigenvalue weighted by Crippen LogP contribution is 2.41. The number of hydrogen-bond donors (Lipinski definition) is 3. The van der Waals surface area contributed by atoms with Gasteiger partial charge in [-0.15, -0.1) is 0 Å². The molecule has 4 N–H and O–H groups in total. The van der Waals surface area contributed by atoms with Gasteiger partial charge in [-0.2, -0.15) is 0 Å². The molecule has 0 saturated heterocycles. The molecular weight excluding hydrogens is 409 g/mol. The summed E-state index contributed by atoms with van der Waals surface area (Å²) in [4.78, 5) is 29.0. The van der Waals surface area contributed by atoms with Crippen molar-refractivity contribution in [1.29, 1.82) is 0 Å². The zero-order valence-electron chi connectivity index (χ0n) is 18.6. The average molecular weight is 440 g/mol. The van der Waals surface area contributed by atoms with Crippen LogP contribution in [0.4, 0.5) is 4.39 Å². The molecule has 2 aromatic rings. The van der Waals surface area contributed by atoms with Gasteiger partial charge in [0.1, 0.15) is 5.82 Å². The van der Waals surface area contributed by atoms with E-state index in [0.717, 1.165) is 34.2 Å². The molecule has 32 heavy (non-hydrogen) atoms. The third kappa shape index (κ3) is 3.97. The van der Waals surface area contributed by atoms with E-state index in [1.54, 1.807) is 4.90 Å². The number of benzene rings is 1. The molecule has 170 valence electrons. The van der Waals surface area contributed by atoms with Gasteiger partial charge in [-0.25, -0.2) is 4.39 Å². The molecule has 0 spiro atoms. The summed E-state index contributed by atoms with van der Waals surface area (Å²) in [6.07, 6.45) is 5.95. The van der Waals surface area contributed by atoms with Crippen LogP contribution in [0.1, 0.15) is 49.1 Å². The van der Waals surface area contributed by atoms with E-state index in [0.29, 0.717) is 43.5 Å². The normalized spacial score (nSPS) is 18.9. The number of rotatable bonds is 5. The number of H-pyrrole nitrogens is 1. The molecule has 0 radical (unpaired) electrons. The quantitative estimate of drug-likeness (QED) is 0.625. The average Bonchev–Trinajstić information content (AvgIpc) is 3.11. The van der Waals surface area contributed by atoms with Crippen molar-refractivity contribution in [3.8, 4) is 0 Å². The first-order valence-electron chi connectivity index (χ1n) is 11.1. The number of aryl methyl sites for hydroxylation is 1. The standard InChI is InChI=1S/C25H30FN3O3/c1-4-21(31)29-9-5-6-14(13-29)22-18(26)10-15(11-20(27)30)24-23(22)17-8-7-16(25(2,3)32)12-19(17)28-24/h4,6,10,16,28,32H,1,5,7-9,11-13H2,2-3H3,(H2,27,30). The highest BCUT2D eigenvalue weighted by molar-refractivity contribution is 6.00. The number of nitrogens with zero attached hydrogens (tertiary/aromatic N) is 1. The van der Waals surface area contributed by atoms with Gasteiger partial charge in [-0.05, 0) is 74.3 Å². The predicted octanol–water partition coefficient (Wildman–Crippen LogP) is 3.01. The van der Waals surface area contributed by atoms with E-state index >= 15 is 4.39 Å². The summed E-state index contributed by atoms with van der Waals surface area (Å²) in [6.45, 7) is 8.06. The summed E-state index contributed by atoms with van der Waals surface area (Å²) < 4.78 is 15.6. The number of carbonyl (C=O) groups is 2. The summed E-state index contributed by atoms with van der Waals surface area (Å²) in [6, 6.07) is 1.38. The fraction of sp³-hybridized carbons (Fsp3) is 0.440. The maximum absolute atomic E-state index is 15.6. The lowest BCUT2D eigenvalue weighted by molar-refractivity contribution is -0.125. The first-order valence-corrected chi connectivity index (χ1v) is 11.1. The monoisotopic (exact) mass is 439 g/mol. The van der Waals surface area contributed by atoms with E-state index < -0.39 is 17.3 Å². The van der Waals surface area contributed by atoms with Crippen molar-refractivity contribution in [3.63, 3.8) is 0 Å². The highest BCUT2D eigenvalue weighted by Gasteiger charge is 2.34. The van der Waals surface area contributed by atoms with Gasteiger partial charge >= 0.3 is 0 Å². The van der Waals surface area contributed by atoms with E-state index in [1.165, 1.54) is 12.1 Å². The van der Waals surface area contributed by atoms with Crippen LogP contribution in [0.5, 0.6) is 0 Å². The third-order valence-corrected chi connectivity index (χ3v) is 6.82. The van der Waals surface area contributed by atoms with Crippen LogP contribution in [0.25, 0.3) is 16.5 Å². The Bertz CT molecular complexity index is 1140. The van der Waals surface area contributed by atoms with Crippen molar-refractivity contribution >= 4 is 28.3 Å². The van der Waals surface area contributed by atoms with Crippen LogP contribution in [0, 0.1) is 11.7 Å². The molecule has 1 aliphatic heterocycles. The zero-order valence-corrected chi connectivity index (χ0v) is 18.6. The van der Waals surface area contributed by atoms with Gasteiger partial charge in [0.15, 0.2) is 0 Å². The van der Waals surface area contributed by atoms with E-state index in [-0.39, 0.29) is 18.2 Å². The number of nitrogens with one attached hydrogen (secondary N) is 1. The molecule has 1 aliphatic carbocycles. The lowest BCUT2D eigenvalue weighted by Crippen LogP contribution is -2.35. The molecule has 2 heterocycles. The van der Waals surface area contributed by atoms with Crippen LogP contribution in [-0.2, 0) is 28.9 Å². The molecule has 2 aliphatic rings. The Morgan fingerprint density at radius 2 is 2.19 bits per heavy atom. The molecule has 0 saturated carbocycles. The first-order chi connectivity index (χ1) is 15.1. The van der Waals surface area contributed by atoms with Crippen molar-refractivity contribution in [2.45, 2.75) is 51.6 Å². The van der Waals surface area contributed by atoms with Gasteiger partial charge in [-0.3, -0.25) is 9.59 Å². The highest BCUT2D eigenvalue weighted by atomic mass is 19.1. The Balaban J connectivity index is 1.89. The molecule has 0 bridgehead atoms. The number of aromatic amines is 1. The van der Waals surface area contributed by atoms with Crippen LogP contribution < -0.4 is 5.73 Å². The Morgan fingerprint density at radius 3 is 2.84 bits per heavy atom. The lowest BCUT2D eigenvalue weighted by atomic mass is 9.77. The third-order valence-electron chi connectivity index (χ3n) is 6.82. The summed E-state index contributed by atoms with van der Waals surface area (Å²) >= 11 is 0. The van der Waals surface area contributed by atoms with Crippen molar-refractivity contribution in [2.75, 3.05) is 13.1 Å². The molecule has 1 aromatic heterocycles. The van der Waals surface area contributed by atoms with Gasteiger partial charge in [-0.1, -0.05) is 12.7 Å².